The third-order valence-corrected chi connectivity index (χ3v) is 7.14. The fraction of sp³-hybridized carbons (Fsp3) is 0.320. The van der Waals surface area contributed by atoms with Crippen molar-refractivity contribution in [3.63, 3.8) is 0 Å². The molecular formula is C25H25ClN2O3S. The summed E-state index contributed by atoms with van der Waals surface area (Å²) in [6.45, 7) is 0.184. The molecule has 0 unspecified atom stereocenters. The number of benzene rings is 2. The number of halogens is 1. The van der Waals surface area contributed by atoms with Crippen LogP contribution in [0.15, 0.2) is 53.4 Å². The first kappa shape index (κ1) is 22.6. The van der Waals surface area contributed by atoms with Crippen LogP contribution in [0.1, 0.15) is 53.6 Å². The van der Waals surface area contributed by atoms with Crippen molar-refractivity contribution in [2.45, 2.75) is 44.7 Å². The van der Waals surface area contributed by atoms with Gasteiger partial charge < -0.3 is 4.90 Å². The van der Waals surface area contributed by atoms with E-state index in [1.165, 1.54) is 24.2 Å². The Bertz CT molecular complexity index is 1060. The Morgan fingerprint density at radius 2 is 1.84 bits per heavy atom. The predicted molar refractivity (Wildman–Crippen MR) is 128 cm³/mol. The summed E-state index contributed by atoms with van der Waals surface area (Å²) in [5.41, 5.74) is 2.20. The molecule has 1 saturated heterocycles. The third-order valence-electron chi connectivity index (χ3n) is 6.00. The molecule has 0 N–H and O–H groups in total. The number of carbonyl (C=O) groups is 3. The Kier molecular flexibility index (Phi) is 7.01. The summed E-state index contributed by atoms with van der Waals surface area (Å²) in [6.07, 6.45) is 7.41. The highest BCUT2D eigenvalue weighted by Crippen LogP contribution is 2.33. The standard InChI is InChI=1S/C25H25ClN2O3S/c1-27(21-8-3-2-4-9-21)23(29)19-12-10-17(11-13-19)15-22-24(30)28(25(31)32-22)16-18-6-5-7-20(26)14-18/h5-7,10-15,21H,2-4,8-9,16H2,1H3/b22-15-. The van der Waals surface area contributed by atoms with E-state index in [1.807, 2.05) is 30.1 Å². The topological polar surface area (TPSA) is 57.7 Å². The molecule has 0 atom stereocenters. The van der Waals surface area contributed by atoms with E-state index in [-0.39, 0.29) is 23.6 Å². The fourth-order valence-electron chi connectivity index (χ4n) is 4.17. The summed E-state index contributed by atoms with van der Waals surface area (Å²) in [4.78, 5) is 41.4. The van der Waals surface area contributed by atoms with Gasteiger partial charge in [-0.2, -0.15) is 0 Å². The second-order valence-corrected chi connectivity index (χ2v) is 9.66. The van der Waals surface area contributed by atoms with Crippen LogP contribution in [-0.2, 0) is 11.3 Å². The number of nitrogens with zero attached hydrogens (tertiary/aromatic N) is 2. The average molecular weight is 469 g/mol. The van der Waals surface area contributed by atoms with Gasteiger partial charge in [0.1, 0.15) is 0 Å². The van der Waals surface area contributed by atoms with Gasteiger partial charge in [0.25, 0.3) is 17.1 Å². The summed E-state index contributed by atoms with van der Waals surface area (Å²) >= 11 is 6.93. The van der Waals surface area contributed by atoms with Crippen LogP contribution in [0.25, 0.3) is 6.08 Å². The van der Waals surface area contributed by atoms with Crippen LogP contribution in [0, 0.1) is 0 Å². The Morgan fingerprint density at radius 3 is 2.53 bits per heavy atom. The molecule has 3 amide bonds. The van der Waals surface area contributed by atoms with Crippen molar-refractivity contribution in [1.29, 1.82) is 0 Å². The molecule has 0 bridgehead atoms. The molecule has 0 spiro atoms. The maximum atomic E-state index is 12.8. The third kappa shape index (κ3) is 5.08. The molecule has 2 aromatic carbocycles. The Balaban J connectivity index is 1.44. The van der Waals surface area contributed by atoms with Crippen LogP contribution in [0.2, 0.25) is 5.02 Å². The molecule has 2 aliphatic rings. The van der Waals surface area contributed by atoms with Crippen molar-refractivity contribution in [1.82, 2.24) is 9.80 Å². The Hall–Kier alpha value is -2.57. The number of imide groups is 1. The molecule has 1 saturated carbocycles. The normalized spacial score (nSPS) is 18.4. The van der Waals surface area contributed by atoms with Crippen molar-refractivity contribution >= 4 is 46.5 Å². The summed E-state index contributed by atoms with van der Waals surface area (Å²) in [7, 11) is 1.88. The number of hydrogen-bond acceptors (Lipinski definition) is 4. The quantitative estimate of drug-likeness (QED) is 0.506. The van der Waals surface area contributed by atoms with E-state index in [4.69, 9.17) is 11.6 Å². The molecule has 0 radical (unpaired) electrons. The number of thioether (sulfide) groups is 1. The van der Waals surface area contributed by atoms with Gasteiger partial charge in [0.2, 0.25) is 0 Å². The van der Waals surface area contributed by atoms with Crippen LogP contribution >= 0.6 is 23.4 Å². The average Bonchev–Trinajstić information content (AvgIpc) is 3.06. The second kappa shape index (κ2) is 9.92. The minimum atomic E-state index is -0.322. The first-order valence-electron chi connectivity index (χ1n) is 10.8. The number of rotatable bonds is 5. The van der Waals surface area contributed by atoms with E-state index in [9.17, 15) is 14.4 Å². The van der Waals surface area contributed by atoms with E-state index in [0.717, 1.165) is 35.7 Å². The van der Waals surface area contributed by atoms with Crippen LogP contribution in [0.3, 0.4) is 0 Å². The zero-order valence-electron chi connectivity index (χ0n) is 17.9. The van der Waals surface area contributed by atoms with Crippen molar-refractivity contribution < 1.29 is 14.4 Å². The highest BCUT2D eigenvalue weighted by atomic mass is 35.5. The summed E-state index contributed by atoms with van der Waals surface area (Å²) < 4.78 is 0. The summed E-state index contributed by atoms with van der Waals surface area (Å²) in [6, 6.07) is 14.6. The van der Waals surface area contributed by atoms with Crippen LogP contribution < -0.4 is 0 Å². The van der Waals surface area contributed by atoms with E-state index < -0.39 is 0 Å². The molecule has 1 aliphatic carbocycles. The van der Waals surface area contributed by atoms with Gasteiger partial charge in [0, 0.05) is 23.7 Å². The molecule has 2 aromatic rings. The van der Waals surface area contributed by atoms with Gasteiger partial charge in [-0.3, -0.25) is 19.3 Å². The monoisotopic (exact) mass is 468 g/mol. The molecule has 1 aliphatic heterocycles. The molecule has 1 heterocycles. The molecule has 4 rings (SSSR count). The maximum absolute atomic E-state index is 12.8. The van der Waals surface area contributed by atoms with E-state index >= 15 is 0 Å². The second-order valence-electron chi connectivity index (χ2n) is 8.23. The minimum absolute atomic E-state index is 0.0188. The Labute approximate surface area is 197 Å². The first-order valence-corrected chi connectivity index (χ1v) is 12.0. The number of carbonyl (C=O) groups excluding carboxylic acids is 3. The SMILES string of the molecule is CN(C(=O)c1ccc(/C=C2\SC(=O)N(Cc3cccc(Cl)c3)C2=O)cc1)C1CCCCC1. The fourth-order valence-corrected chi connectivity index (χ4v) is 5.22. The van der Waals surface area contributed by atoms with Crippen molar-refractivity contribution in [2.24, 2.45) is 0 Å². The van der Waals surface area contributed by atoms with Gasteiger partial charge in [-0.15, -0.1) is 0 Å². The lowest BCUT2D eigenvalue weighted by Gasteiger charge is -2.31. The van der Waals surface area contributed by atoms with Gasteiger partial charge in [-0.1, -0.05) is 55.1 Å². The summed E-state index contributed by atoms with van der Waals surface area (Å²) in [5, 5.41) is 0.260. The minimum Gasteiger partial charge on any atom is -0.339 e. The first-order chi connectivity index (χ1) is 15.4. The van der Waals surface area contributed by atoms with Crippen molar-refractivity contribution in [2.75, 3.05) is 7.05 Å². The number of hydrogen-bond donors (Lipinski definition) is 0. The van der Waals surface area contributed by atoms with E-state index in [1.54, 1.807) is 36.4 Å². The zero-order valence-corrected chi connectivity index (χ0v) is 19.5. The highest BCUT2D eigenvalue weighted by Gasteiger charge is 2.35. The predicted octanol–water partition coefficient (Wildman–Crippen LogP) is 5.98. The van der Waals surface area contributed by atoms with E-state index in [0.29, 0.717) is 21.5 Å². The largest absolute Gasteiger partial charge is 0.339 e. The maximum Gasteiger partial charge on any atom is 0.293 e. The molecular weight excluding hydrogens is 444 g/mol. The zero-order chi connectivity index (χ0) is 22.7. The Morgan fingerprint density at radius 1 is 1.12 bits per heavy atom. The molecule has 2 fully saturated rings. The van der Waals surface area contributed by atoms with Crippen LogP contribution in [0.5, 0.6) is 0 Å². The van der Waals surface area contributed by atoms with Gasteiger partial charge in [-0.25, -0.2) is 0 Å². The molecule has 0 aromatic heterocycles. The molecule has 166 valence electrons. The highest BCUT2D eigenvalue weighted by molar-refractivity contribution is 8.18. The van der Waals surface area contributed by atoms with Gasteiger partial charge in [-0.05, 0) is 66.1 Å². The lowest BCUT2D eigenvalue weighted by Crippen LogP contribution is -2.38. The summed E-state index contributed by atoms with van der Waals surface area (Å²) in [5.74, 6) is -0.303. The van der Waals surface area contributed by atoms with Gasteiger partial charge in [0.05, 0.1) is 11.4 Å². The molecule has 5 nitrogen and oxygen atoms in total. The van der Waals surface area contributed by atoms with E-state index in [2.05, 4.69) is 0 Å². The lowest BCUT2D eigenvalue weighted by molar-refractivity contribution is -0.123. The smallest absolute Gasteiger partial charge is 0.293 e. The number of amides is 3. The lowest BCUT2D eigenvalue weighted by atomic mass is 9.94. The van der Waals surface area contributed by atoms with Crippen LogP contribution in [-0.4, -0.2) is 39.9 Å². The van der Waals surface area contributed by atoms with Crippen LogP contribution in [0.4, 0.5) is 4.79 Å². The van der Waals surface area contributed by atoms with Crippen molar-refractivity contribution in [3.8, 4) is 0 Å². The van der Waals surface area contributed by atoms with Gasteiger partial charge >= 0.3 is 0 Å². The van der Waals surface area contributed by atoms with Gasteiger partial charge in [0.15, 0.2) is 0 Å². The molecule has 32 heavy (non-hydrogen) atoms. The van der Waals surface area contributed by atoms with Crippen molar-refractivity contribution in [3.05, 3.63) is 75.1 Å². The molecule has 7 heteroatoms.